The Balaban J connectivity index is 1.92. The largest absolute Gasteiger partial charge is 0.493 e. The van der Waals surface area contributed by atoms with Gasteiger partial charge < -0.3 is 14.8 Å². The Hall–Kier alpha value is -3.18. The second-order valence-corrected chi connectivity index (χ2v) is 7.47. The molecule has 0 saturated heterocycles. The van der Waals surface area contributed by atoms with Crippen molar-refractivity contribution in [3.8, 4) is 5.75 Å². The molecule has 7 heteroatoms. The number of azide groups is 1. The maximum atomic E-state index is 11.6. The highest BCUT2D eigenvalue weighted by atomic mass is 16.6. The fraction of sp³-hybridized carbons (Fsp3) is 0.409. The number of carbonyl (C=O) groups excluding carboxylic acids is 1. The summed E-state index contributed by atoms with van der Waals surface area (Å²) in [7, 11) is 0. The zero-order valence-electron chi connectivity index (χ0n) is 17.2. The molecule has 7 nitrogen and oxygen atoms in total. The summed E-state index contributed by atoms with van der Waals surface area (Å²) in [5.74, 6) is 0.809. The first-order chi connectivity index (χ1) is 13.9. The molecule has 0 spiro atoms. The number of fused-ring (bicyclic) bond motifs is 1. The van der Waals surface area contributed by atoms with Crippen molar-refractivity contribution >= 4 is 22.9 Å². The summed E-state index contributed by atoms with van der Waals surface area (Å²) in [6, 6.07) is 12.0. The molecule has 0 unspecified atom stereocenters. The van der Waals surface area contributed by atoms with E-state index >= 15 is 0 Å². The number of ether oxygens (including phenoxy) is 2. The number of benzene rings is 2. The Morgan fingerprint density at radius 3 is 2.69 bits per heavy atom. The number of nitrogens with one attached hydrogen (secondary N) is 1. The van der Waals surface area contributed by atoms with Gasteiger partial charge in [0.25, 0.3) is 0 Å². The number of carbonyl (C=O) groups is 1. The maximum absolute atomic E-state index is 11.6. The molecule has 0 aliphatic heterocycles. The molecule has 0 aliphatic rings. The first kappa shape index (κ1) is 22.1. The van der Waals surface area contributed by atoms with Crippen molar-refractivity contribution in [3.05, 3.63) is 58.5 Å². The van der Waals surface area contributed by atoms with E-state index < -0.39 is 11.7 Å². The fourth-order valence-electron chi connectivity index (χ4n) is 2.71. The number of hydrogen-bond acceptors (Lipinski definition) is 4. The van der Waals surface area contributed by atoms with Crippen molar-refractivity contribution in [2.75, 3.05) is 19.7 Å². The van der Waals surface area contributed by atoms with E-state index in [4.69, 9.17) is 15.0 Å². The van der Waals surface area contributed by atoms with Gasteiger partial charge in [-0.15, -0.1) is 0 Å². The lowest BCUT2D eigenvalue weighted by Gasteiger charge is -2.19. The van der Waals surface area contributed by atoms with Crippen molar-refractivity contribution in [2.24, 2.45) is 5.11 Å². The highest BCUT2D eigenvalue weighted by Crippen LogP contribution is 2.29. The molecule has 29 heavy (non-hydrogen) atoms. The molecule has 0 aromatic heterocycles. The molecule has 2 aromatic carbocycles. The standard InChI is InChI=1S/C22H28N4O3/c1-22(2,3)29-21(27)24-14-8-16-28-20-13-12-17(9-6-7-15-25-26-23)18-10-4-5-11-19(18)20/h4-6,9-13H,7-8,14-16H2,1-3H3,(H,24,27)/b9-6+. The molecular weight excluding hydrogens is 368 g/mol. The topological polar surface area (TPSA) is 96.3 Å². The van der Waals surface area contributed by atoms with Gasteiger partial charge in [-0.2, -0.15) is 0 Å². The van der Waals surface area contributed by atoms with Crippen LogP contribution in [0.2, 0.25) is 0 Å². The molecule has 1 N–H and O–H groups in total. The summed E-state index contributed by atoms with van der Waals surface area (Å²) in [5, 5.41) is 8.39. The number of hydrogen-bond donors (Lipinski definition) is 1. The zero-order chi connectivity index (χ0) is 21.1. The highest BCUT2D eigenvalue weighted by Gasteiger charge is 2.15. The van der Waals surface area contributed by atoms with Crippen LogP contribution in [0.3, 0.4) is 0 Å². The lowest BCUT2D eigenvalue weighted by atomic mass is 10.0. The van der Waals surface area contributed by atoms with Gasteiger partial charge in [0.05, 0.1) is 6.61 Å². The van der Waals surface area contributed by atoms with Crippen molar-refractivity contribution < 1.29 is 14.3 Å². The Morgan fingerprint density at radius 1 is 1.21 bits per heavy atom. The average Bonchev–Trinajstić information content (AvgIpc) is 2.67. The van der Waals surface area contributed by atoms with Crippen LogP contribution >= 0.6 is 0 Å². The van der Waals surface area contributed by atoms with Crippen LogP contribution < -0.4 is 10.1 Å². The number of amides is 1. The number of alkyl carbamates (subject to hydrolysis) is 1. The minimum Gasteiger partial charge on any atom is -0.493 e. The van der Waals surface area contributed by atoms with E-state index in [1.54, 1.807) is 0 Å². The summed E-state index contributed by atoms with van der Waals surface area (Å²) in [5.41, 5.74) is 8.91. The van der Waals surface area contributed by atoms with Gasteiger partial charge in [-0.25, -0.2) is 4.79 Å². The second-order valence-electron chi connectivity index (χ2n) is 7.47. The van der Waals surface area contributed by atoms with Gasteiger partial charge in [0.2, 0.25) is 0 Å². The van der Waals surface area contributed by atoms with Gasteiger partial charge in [-0.3, -0.25) is 0 Å². The smallest absolute Gasteiger partial charge is 0.407 e. The van der Waals surface area contributed by atoms with Crippen LogP contribution in [0, 0.1) is 0 Å². The first-order valence-corrected chi connectivity index (χ1v) is 9.69. The van der Waals surface area contributed by atoms with Gasteiger partial charge >= 0.3 is 6.09 Å². The van der Waals surface area contributed by atoms with Gasteiger partial charge in [-0.1, -0.05) is 47.6 Å². The Labute approximate surface area is 171 Å². The number of rotatable bonds is 9. The monoisotopic (exact) mass is 396 g/mol. The Bertz CT molecular complexity index is 897. The summed E-state index contributed by atoms with van der Waals surface area (Å²) < 4.78 is 11.1. The fourth-order valence-corrected chi connectivity index (χ4v) is 2.71. The molecule has 0 saturated carbocycles. The van der Waals surface area contributed by atoms with Crippen molar-refractivity contribution in [1.29, 1.82) is 0 Å². The molecule has 154 valence electrons. The third-order valence-electron chi connectivity index (χ3n) is 3.92. The normalized spacial score (nSPS) is 11.3. The molecule has 2 rings (SSSR count). The maximum Gasteiger partial charge on any atom is 0.407 e. The van der Waals surface area contributed by atoms with Crippen molar-refractivity contribution in [3.63, 3.8) is 0 Å². The first-order valence-electron chi connectivity index (χ1n) is 9.69. The summed E-state index contributed by atoms with van der Waals surface area (Å²) in [6.07, 6.45) is 4.98. The average molecular weight is 396 g/mol. The van der Waals surface area contributed by atoms with Crippen LogP contribution in [0.4, 0.5) is 4.79 Å². The van der Waals surface area contributed by atoms with Crippen molar-refractivity contribution in [1.82, 2.24) is 5.32 Å². The van der Waals surface area contributed by atoms with Crippen LogP contribution in [0.15, 0.2) is 47.6 Å². The van der Waals surface area contributed by atoms with E-state index in [2.05, 4.69) is 21.4 Å². The second kappa shape index (κ2) is 11.0. The minimum atomic E-state index is -0.501. The van der Waals surface area contributed by atoms with E-state index in [9.17, 15) is 4.79 Å². The Morgan fingerprint density at radius 2 is 1.97 bits per heavy atom. The van der Waals surface area contributed by atoms with E-state index in [1.807, 2.05) is 63.3 Å². The molecule has 0 radical (unpaired) electrons. The molecule has 1 amide bonds. The highest BCUT2D eigenvalue weighted by molar-refractivity contribution is 5.94. The molecule has 0 aliphatic carbocycles. The predicted octanol–water partition coefficient (Wildman–Crippen LogP) is 5.85. The molecule has 0 heterocycles. The van der Waals surface area contributed by atoms with E-state index in [1.165, 1.54) is 0 Å². The third-order valence-corrected chi connectivity index (χ3v) is 3.92. The van der Waals surface area contributed by atoms with E-state index in [0.717, 1.165) is 22.1 Å². The van der Waals surface area contributed by atoms with Crippen LogP contribution in [0.25, 0.3) is 27.3 Å². The SMILES string of the molecule is CC(C)(C)OC(=O)NCCCOc1ccc(/C=C/CCN=[N+]=[N-])c2ccccc12. The summed E-state index contributed by atoms with van der Waals surface area (Å²) >= 11 is 0. The quantitative estimate of drug-likeness (QED) is 0.249. The summed E-state index contributed by atoms with van der Waals surface area (Å²) in [6.45, 7) is 6.92. The van der Waals surface area contributed by atoms with Gasteiger partial charge in [0.1, 0.15) is 11.4 Å². The van der Waals surface area contributed by atoms with E-state index in [-0.39, 0.29) is 0 Å². The lowest BCUT2D eigenvalue weighted by molar-refractivity contribution is 0.0525. The number of nitrogens with zero attached hydrogens (tertiary/aromatic N) is 3. The molecular formula is C22H28N4O3. The van der Waals surface area contributed by atoms with Crippen LogP contribution in [-0.4, -0.2) is 31.4 Å². The van der Waals surface area contributed by atoms with Gasteiger partial charge in [0, 0.05) is 23.4 Å². The summed E-state index contributed by atoms with van der Waals surface area (Å²) in [4.78, 5) is 14.4. The Kier molecular flexibility index (Phi) is 8.37. The van der Waals surface area contributed by atoms with Crippen LogP contribution in [-0.2, 0) is 4.74 Å². The van der Waals surface area contributed by atoms with E-state index in [0.29, 0.717) is 32.5 Å². The van der Waals surface area contributed by atoms with Crippen molar-refractivity contribution in [2.45, 2.75) is 39.2 Å². The minimum absolute atomic E-state index is 0.417. The van der Waals surface area contributed by atoms with Crippen LogP contribution in [0.5, 0.6) is 5.75 Å². The molecule has 2 aromatic rings. The molecule has 0 bridgehead atoms. The molecule has 0 fully saturated rings. The predicted molar refractivity (Wildman–Crippen MR) is 116 cm³/mol. The third kappa shape index (κ3) is 7.76. The van der Waals surface area contributed by atoms with Crippen LogP contribution in [0.1, 0.15) is 39.2 Å². The van der Waals surface area contributed by atoms with Gasteiger partial charge in [0.15, 0.2) is 0 Å². The van der Waals surface area contributed by atoms with Gasteiger partial charge in [-0.05, 0) is 56.2 Å². The lowest BCUT2D eigenvalue weighted by Crippen LogP contribution is -2.33. The zero-order valence-corrected chi connectivity index (χ0v) is 17.2. The molecule has 0 atom stereocenters.